The normalized spacial score (nSPS) is 19.5. The fourth-order valence-electron chi connectivity index (χ4n) is 3.68. The van der Waals surface area contributed by atoms with Gasteiger partial charge in [-0.25, -0.2) is 4.68 Å². The van der Waals surface area contributed by atoms with Gasteiger partial charge in [0.25, 0.3) is 5.91 Å². The van der Waals surface area contributed by atoms with Crippen LogP contribution in [0.15, 0.2) is 66.7 Å². The minimum Gasteiger partial charge on any atom is -0.363 e. The van der Waals surface area contributed by atoms with Crippen LogP contribution in [0.25, 0.3) is 0 Å². The molecule has 0 saturated carbocycles. The average Bonchev–Trinajstić information content (AvgIpc) is 3.18. The van der Waals surface area contributed by atoms with Gasteiger partial charge in [-0.1, -0.05) is 60.7 Å². The van der Waals surface area contributed by atoms with Gasteiger partial charge >= 0.3 is 6.18 Å². The molecule has 1 amide bonds. The van der Waals surface area contributed by atoms with Crippen LogP contribution < -0.4 is 10.6 Å². The van der Waals surface area contributed by atoms with Crippen LogP contribution in [0, 0.1) is 0 Å². The first-order valence-electron chi connectivity index (χ1n) is 9.66. The minimum absolute atomic E-state index is 0.0526. The van der Waals surface area contributed by atoms with Crippen molar-refractivity contribution in [2.45, 2.75) is 37.6 Å². The molecule has 0 saturated heterocycles. The molecular weight excluding hydrogens is 393 g/mol. The van der Waals surface area contributed by atoms with Crippen LogP contribution in [0.5, 0.6) is 0 Å². The van der Waals surface area contributed by atoms with E-state index in [0.717, 1.165) is 15.8 Å². The van der Waals surface area contributed by atoms with Gasteiger partial charge in [0.2, 0.25) is 0 Å². The standard InChI is InChI=1S/C22H21F3N4O/c1-14(15-8-4-2-5-9-15)26-21(30)18-13-20-27-17(16-10-6-3-7-11-16)12-19(22(23,24)25)29(20)28-18/h2-11,13-14,17,19,27H,12H2,1H3,(H,26,30). The molecule has 0 fully saturated rings. The molecule has 1 aliphatic rings. The third-order valence-electron chi connectivity index (χ3n) is 5.27. The number of aromatic nitrogens is 2. The predicted octanol–water partition coefficient (Wildman–Crippen LogP) is 5.03. The lowest BCUT2D eigenvalue weighted by Crippen LogP contribution is -2.35. The van der Waals surface area contributed by atoms with Gasteiger partial charge in [0.15, 0.2) is 11.7 Å². The van der Waals surface area contributed by atoms with Crippen molar-refractivity contribution in [3.8, 4) is 0 Å². The van der Waals surface area contributed by atoms with Crippen LogP contribution in [-0.2, 0) is 0 Å². The van der Waals surface area contributed by atoms with Crippen molar-refractivity contribution in [1.82, 2.24) is 15.1 Å². The topological polar surface area (TPSA) is 59.0 Å². The lowest BCUT2D eigenvalue weighted by Gasteiger charge is -2.33. The summed E-state index contributed by atoms with van der Waals surface area (Å²) in [6, 6.07) is 17.0. The van der Waals surface area contributed by atoms with Gasteiger partial charge in [-0.3, -0.25) is 4.79 Å². The Bertz CT molecular complexity index is 1020. The molecule has 0 spiro atoms. The highest BCUT2D eigenvalue weighted by Crippen LogP contribution is 2.43. The molecule has 3 atom stereocenters. The summed E-state index contributed by atoms with van der Waals surface area (Å²) in [7, 11) is 0. The summed E-state index contributed by atoms with van der Waals surface area (Å²) < 4.78 is 42.2. The highest BCUT2D eigenvalue weighted by atomic mass is 19.4. The number of hydrogen-bond donors (Lipinski definition) is 2. The molecule has 1 aliphatic heterocycles. The summed E-state index contributed by atoms with van der Waals surface area (Å²) in [6.45, 7) is 1.81. The van der Waals surface area contributed by atoms with Crippen molar-refractivity contribution in [3.63, 3.8) is 0 Å². The minimum atomic E-state index is -4.49. The van der Waals surface area contributed by atoms with E-state index in [-0.39, 0.29) is 24.0 Å². The maximum atomic E-state index is 13.8. The molecule has 0 aliphatic carbocycles. The van der Waals surface area contributed by atoms with Gasteiger partial charge in [0, 0.05) is 12.5 Å². The number of benzene rings is 2. The predicted molar refractivity (Wildman–Crippen MR) is 107 cm³/mol. The van der Waals surface area contributed by atoms with Crippen molar-refractivity contribution in [2.24, 2.45) is 0 Å². The molecule has 0 radical (unpaired) electrons. The summed E-state index contributed by atoms with van der Waals surface area (Å²) in [4.78, 5) is 12.7. The number of nitrogens with zero attached hydrogens (tertiary/aromatic N) is 2. The zero-order chi connectivity index (χ0) is 21.3. The first kappa shape index (κ1) is 20.0. The number of rotatable bonds is 4. The largest absolute Gasteiger partial charge is 0.410 e. The first-order chi connectivity index (χ1) is 14.3. The quantitative estimate of drug-likeness (QED) is 0.629. The van der Waals surface area contributed by atoms with E-state index in [1.165, 1.54) is 6.07 Å². The molecule has 4 rings (SSSR count). The maximum absolute atomic E-state index is 13.8. The zero-order valence-corrected chi connectivity index (χ0v) is 16.2. The Kier molecular flexibility index (Phi) is 5.24. The van der Waals surface area contributed by atoms with E-state index >= 15 is 0 Å². The maximum Gasteiger partial charge on any atom is 0.410 e. The average molecular weight is 414 g/mol. The number of alkyl halides is 3. The van der Waals surface area contributed by atoms with Gasteiger partial charge in [-0.2, -0.15) is 18.3 Å². The van der Waals surface area contributed by atoms with Gasteiger partial charge in [0.1, 0.15) is 5.82 Å². The number of hydrogen-bond acceptors (Lipinski definition) is 3. The number of carbonyl (C=O) groups excluding carboxylic acids is 1. The molecule has 3 aromatic rings. The summed E-state index contributed by atoms with van der Waals surface area (Å²) in [5.74, 6) is -0.345. The molecule has 30 heavy (non-hydrogen) atoms. The Labute approximate surface area is 171 Å². The van der Waals surface area contributed by atoms with Crippen LogP contribution in [0.1, 0.15) is 53.1 Å². The van der Waals surface area contributed by atoms with Crippen LogP contribution in [0.4, 0.5) is 19.0 Å². The van der Waals surface area contributed by atoms with E-state index in [4.69, 9.17) is 0 Å². The third-order valence-corrected chi connectivity index (χ3v) is 5.27. The SMILES string of the molecule is CC(NC(=O)c1cc2n(n1)C(C(F)(F)F)CC(c1ccccc1)N2)c1ccccc1. The number of nitrogens with one attached hydrogen (secondary N) is 2. The molecule has 156 valence electrons. The number of halogens is 3. The van der Waals surface area contributed by atoms with E-state index in [2.05, 4.69) is 15.7 Å². The van der Waals surface area contributed by atoms with E-state index in [9.17, 15) is 18.0 Å². The van der Waals surface area contributed by atoms with E-state index in [0.29, 0.717) is 0 Å². The van der Waals surface area contributed by atoms with Gasteiger partial charge < -0.3 is 10.6 Å². The number of amides is 1. The fraction of sp³-hybridized carbons (Fsp3) is 0.273. The van der Waals surface area contributed by atoms with Gasteiger partial charge in [-0.05, 0) is 18.1 Å². The fourth-order valence-corrected chi connectivity index (χ4v) is 3.68. The summed E-state index contributed by atoms with van der Waals surface area (Å²) in [6.07, 6.45) is -4.69. The second-order valence-corrected chi connectivity index (χ2v) is 7.37. The van der Waals surface area contributed by atoms with E-state index < -0.39 is 24.2 Å². The number of fused-ring (bicyclic) bond motifs is 1. The molecule has 1 aromatic heterocycles. The Hall–Kier alpha value is -3.29. The highest BCUT2D eigenvalue weighted by molar-refractivity contribution is 5.93. The summed E-state index contributed by atoms with van der Waals surface area (Å²) in [5.41, 5.74) is 1.59. The monoisotopic (exact) mass is 414 g/mol. The van der Waals surface area contributed by atoms with E-state index in [1.807, 2.05) is 43.3 Å². The van der Waals surface area contributed by atoms with Gasteiger partial charge in [-0.15, -0.1) is 0 Å². The van der Waals surface area contributed by atoms with Crippen molar-refractivity contribution >= 4 is 11.7 Å². The Morgan fingerprint density at radius 3 is 2.40 bits per heavy atom. The first-order valence-corrected chi connectivity index (χ1v) is 9.66. The van der Waals surface area contributed by atoms with Crippen molar-refractivity contribution in [1.29, 1.82) is 0 Å². The second-order valence-electron chi connectivity index (χ2n) is 7.37. The van der Waals surface area contributed by atoms with Crippen molar-refractivity contribution in [2.75, 3.05) is 5.32 Å². The summed E-state index contributed by atoms with van der Waals surface area (Å²) >= 11 is 0. The Balaban J connectivity index is 1.60. The van der Waals surface area contributed by atoms with Crippen molar-refractivity contribution < 1.29 is 18.0 Å². The molecule has 2 heterocycles. The smallest absolute Gasteiger partial charge is 0.363 e. The van der Waals surface area contributed by atoms with E-state index in [1.54, 1.807) is 24.3 Å². The lowest BCUT2D eigenvalue weighted by molar-refractivity contribution is -0.173. The molecule has 3 unspecified atom stereocenters. The molecular formula is C22H21F3N4O. The van der Waals surface area contributed by atoms with Crippen LogP contribution in [0.2, 0.25) is 0 Å². The lowest BCUT2D eigenvalue weighted by atomic mass is 9.97. The van der Waals surface area contributed by atoms with Gasteiger partial charge in [0.05, 0.1) is 12.1 Å². The van der Waals surface area contributed by atoms with Crippen LogP contribution in [-0.4, -0.2) is 21.9 Å². The second kappa shape index (κ2) is 7.85. The molecule has 0 bridgehead atoms. The zero-order valence-electron chi connectivity index (χ0n) is 16.2. The van der Waals surface area contributed by atoms with Crippen molar-refractivity contribution in [3.05, 3.63) is 83.6 Å². The number of anilines is 1. The van der Waals surface area contributed by atoms with Crippen LogP contribution in [0.3, 0.4) is 0 Å². The molecule has 2 aromatic carbocycles. The Morgan fingerprint density at radius 1 is 1.13 bits per heavy atom. The Morgan fingerprint density at radius 2 is 1.77 bits per heavy atom. The highest BCUT2D eigenvalue weighted by Gasteiger charge is 2.46. The molecule has 2 N–H and O–H groups in total. The summed E-state index contributed by atoms with van der Waals surface area (Å²) in [5, 5.41) is 9.89. The van der Waals surface area contributed by atoms with Crippen LogP contribution >= 0.6 is 0 Å². The number of carbonyl (C=O) groups is 1. The molecule has 8 heteroatoms. The molecule has 5 nitrogen and oxygen atoms in total. The third kappa shape index (κ3) is 4.03.